The van der Waals surface area contributed by atoms with Crippen molar-refractivity contribution in [1.29, 1.82) is 0 Å². The van der Waals surface area contributed by atoms with Gasteiger partial charge in [0.1, 0.15) is 5.82 Å². The molecule has 0 saturated heterocycles. The van der Waals surface area contributed by atoms with Crippen LogP contribution in [-0.4, -0.2) is 30.5 Å². The van der Waals surface area contributed by atoms with E-state index in [4.69, 9.17) is 4.74 Å². The third-order valence-corrected chi connectivity index (χ3v) is 3.91. The summed E-state index contributed by atoms with van der Waals surface area (Å²) >= 11 is 3.53. The lowest BCUT2D eigenvalue weighted by molar-refractivity contribution is 0.182. The fourth-order valence-corrected chi connectivity index (χ4v) is 2.93. The summed E-state index contributed by atoms with van der Waals surface area (Å²) in [4.78, 5) is 0. The standard InChI is InChI=1S/C15H19BrFN3O/c1-10-6-11(8-12(17)7-10)14(18-2)15-13(16)9-19-20(15)4-5-21-3/h6-9,14,18H,4-5H2,1-3H3. The van der Waals surface area contributed by atoms with Gasteiger partial charge in [-0.3, -0.25) is 4.68 Å². The molecule has 2 rings (SSSR count). The topological polar surface area (TPSA) is 39.1 Å². The van der Waals surface area contributed by atoms with Crippen LogP contribution < -0.4 is 5.32 Å². The number of aryl methyl sites for hydroxylation is 1. The third kappa shape index (κ3) is 3.70. The first kappa shape index (κ1) is 16.1. The first-order valence-corrected chi connectivity index (χ1v) is 7.50. The summed E-state index contributed by atoms with van der Waals surface area (Å²) in [6.45, 7) is 3.10. The van der Waals surface area contributed by atoms with Crippen LogP contribution in [0.2, 0.25) is 0 Å². The molecule has 0 amide bonds. The number of methoxy groups -OCH3 is 1. The summed E-state index contributed by atoms with van der Waals surface area (Å²) in [5.74, 6) is -0.232. The molecule has 1 aromatic carbocycles. The van der Waals surface area contributed by atoms with Gasteiger partial charge < -0.3 is 10.1 Å². The highest BCUT2D eigenvalue weighted by molar-refractivity contribution is 9.10. The molecule has 0 radical (unpaired) electrons. The fraction of sp³-hybridized carbons (Fsp3) is 0.400. The van der Waals surface area contributed by atoms with Gasteiger partial charge in [-0.2, -0.15) is 5.10 Å². The molecular weight excluding hydrogens is 337 g/mol. The summed E-state index contributed by atoms with van der Waals surface area (Å²) in [5.41, 5.74) is 2.72. The van der Waals surface area contributed by atoms with Crippen molar-refractivity contribution in [2.45, 2.75) is 19.5 Å². The van der Waals surface area contributed by atoms with Crippen molar-refractivity contribution in [1.82, 2.24) is 15.1 Å². The van der Waals surface area contributed by atoms with Crippen LogP contribution in [0.3, 0.4) is 0 Å². The van der Waals surface area contributed by atoms with E-state index >= 15 is 0 Å². The number of nitrogens with one attached hydrogen (secondary N) is 1. The molecule has 0 aliphatic rings. The van der Waals surface area contributed by atoms with E-state index in [9.17, 15) is 4.39 Å². The highest BCUT2D eigenvalue weighted by atomic mass is 79.9. The first-order chi connectivity index (χ1) is 10.1. The number of hydrogen-bond donors (Lipinski definition) is 1. The molecule has 1 heterocycles. The Balaban J connectivity index is 2.43. The van der Waals surface area contributed by atoms with Gasteiger partial charge in [0.05, 0.1) is 35.6 Å². The lowest BCUT2D eigenvalue weighted by Gasteiger charge is -2.20. The fourth-order valence-electron chi connectivity index (χ4n) is 2.41. The average molecular weight is 356 g/mol. The lowest BCUT2D eigenvalue weighted by Crippen LogP contribution is -2.23. The van der Waals surface area contributed by atoms with Crippen LogP contribution in [0.5, 0.6) is 0 Å². The van der Waals surface area contributed by atoms with Crippen molar-refractivity contribution in [2.24, 2.45) is 0 Å². The number of aromatic nitrogens is 2. The molecule has 0 aliphatic carbocycles. The van der Waals surface area contributed by atoms with Gasteiger partial charge in [0.2, 0.25) is 0 Å². The predicted octanol–water partition coefficient (Wildman–Crippen LogP) is 3.05. The van der Waals surface area contributed by atoms with E-state index in [1.54, 1.807) is 19.4 Å². The second-order valence-corrected chi connectivity index (χ2v) is 5.73. The summed E-state index contributed by atoms with van der Waals surface area (Å²) in [5, 5.41) is 7.58. The Kier molecular flexibility index (Phi) is 5.50. The molecule has 4 nitrogen and oxygen atoms in total. The van der Waals surface area contributed by atoms with E-state index in [1.165, 1.54) is 6.07 Å². The van der Waals surface area contributed by atoms with Gasteiger partial charge in [0.15, 0.2) is 0 Å². The van der Waals surface area contributed by atoms with Crippen molar-refractivity contribution in [3.63, 3.8) is 0 Å². The van der Waals surface area contributed by atoms with E-state index < -0.39 is 0 Å². The SMILES string of the molecule is CNC(c1cc(C)cc(F)c1)c1c(Br)cnn1CCOC. The zero-order chi connectivity index (χ0) is 15.4. The Bertz CT molecular complexity index is 595. The monoisotopic (exact) mass is 355 g/mol. The molecule has 0 aliphatic heterocycles. The summed E-state index contributed by atoms with van der Waals surface area (Å²) in [7, 11) is 3.51. The molecule has 114 valence electrons. The molecule has 0 spiro atoms. The second-order valence-electron chi connectivity index (χ2n) is 4.88. The molecule has 1 atom stereocenters. The van der Waals surface area contributed by atoms with Gasteiger partial charge in [0, 0.05) is 7.11 Å². The Hall–Kier alpha value is -1.24. The second kappa shape index (κ2) is 7.15. The zero-order valence-corrected chi connectivity index (χ0v) is 13.9. The summed E-state index contributed by atoms with van der Waals surface area (Å²) in [6, 6.07) is 4.90. The number of benzene rings is 1. The minimum absolute atomic E-state index is 0.145. The van der Waals surface area contributed by atoms with E-state index in [1.807, 2.05) is 24.7 Å². The smallest absolute Gasteiger partial charge is 0.123 e. The predicted molar refractivity (Wildman–Crippen MR) is 83.8 cm³/mol. The third-order valence-electron chi connectivity index (χ3n) is 3.30. The normalized spacial score (nSPS) is 12.6. The highest BCUT2D eigenvalue weighted by Gasteiger charge is 2.21. The molecule has 21 heavy (non-hydrogen) atoms. The molecular formula is C15H19BrFN3O. The number of hydrogen-bond acceptors (Lipinski definition) is 3. The number of nitrogens with zero attached hydrogens (tertiary/aromatic N) is 2. The van der Waals surface area contributed by atoms with Crippen molar-refractivity contribution in [2.75, 3.05) is 20.8 Å². The molecule has 0 bridgehead atoms. The largest absolute Gasteiger partial charge is 0.383 e. The van der Waals surface area contributed by atoms with Gasteiger partial charge in [-0.15, -0.1) is 0 Å². The molecule has 1 unspecified atom stereocenters. The Morgan fingerprint density at radius 2 is 2.19 bits per heavy atom. The van der Waals surface area contributed by atoms with Crippen LogP contribution in [0.25, 0.3) is 0 Å². The van der Waals surface area contributed by atoms with Gasteiger partial charge in [-0.25, -0.2) is 4.39 Å². The maximum Gasteiger partial charge on any atom is 0.123 e. The number of ether oxygens (including phenoxy) is 1. The highest BCUT2D eigenvalue weighted by Crippen LogP contribution is 2.29. The van der Waals surface area contributed by atoms with Crippen molar-refractivity contribution in [3.05, 3.63) is 51.5 Å². The van der Waals surface area contributed by atoms with Gasteiger partial charge in [-0.05, 0) is 53.2 Å². The van der Waals surface area contributed by atoms with Gasteiger partial charge in [-0.1, -0.05) is 6.07 Å². The number of rotatable bonds is 6. The summed E-state index contributed by atoms with van der Waals surface area (Å²) < 4.78 is 21.6. The minimum Gasteiger partial charge on any atom is -0.383 e. The van der Waals surface area contributed by atoms with Crippen LogP contribution >= 0.6 is 15.9 Å². The molecule has 6 heteroatoms. The van der Waals surface area contributed by atoms with Crippen LogP contribution in [-0.2, 0) is 11.3 Å². The average Bonchev–Trinajstić information content (AvgIpc) is 2.78. The first-order valence-electron chi connectivity index (χ1n) is 6.71. The minimum atomic E-state index is -0.232. The van der Waals surface area contributed by atoms with E-state index in [0.29, 0.717) is 13.2 Å². The van der Waals surface area contributed by atoms with E-state index in [2.05, 4.69) is 26.3 Å². The van der Waals surface area contributed by atoms with E-state index in [0.717, 1.165) is 21.3 Å². The molecule has 1 N–H and O–H groups in total. The van der Waals surface area contributed by atoms with Crippen molar-refractivity contribution in [3.8, 4) is 0 Å². The summed E-state index contributed by atoms with van der Waals surface area (Å²) in [6.07, 6.45) is 1.75. The molecule has 0 fully saturated rings. The van der Waals surface area contributed by atoms with Crippen LogP contribution in [0, 0.1) is 12.7 Å². The molecule has 2 aromatic rings. The van der Waals surface area contributed by atoms with Crippen LogP contribution in [0.1, 0.15) is 22.9 Å². The Morgan fingerprint density at radius 1 is 1.43 bits per heavy atom. The van der Waals surface area contributed by atoms with Gasteiger partial charge >= 0.3 is 0 Å². The number of halogens is 2. The van der Waals surface area contributed by atoms with Crippen LogP contribution in [0.4, 0.5) is 4.39 Å². The maximum absolute atomic E-state index is 13.7. The Labute approximate surface area is 132 Å². The maximum atomic E-state index is 13.7. The van der Waals surface area contributed by atoms with Crippen molar-refractivity contribution >= 4 is 15.9 Å². The van der Waals surface area contributed by atoms with Crippen LogP contribution in [0.15, 0.2) is 28.9 Å². The molecule has 0 saturated carbocycles. The lowest BCUT2D eigenvalue weighted by atomic mass is 10.0. The Morgan fingerprint density at radius 3 is 2.81 bits per heavy atom. The molecule has 1 aromatic heterocycles. The van der Waals surface area contributed by atoms with E-state index in [-0.39, 0.29) is 11.9 Å². The zero-order valence-electron chi connectivity index (χ0n) is 12.4. The van der Waals surface area contributed by atoms with Gasteiger partial charge in [0.25, 0.3) is 0 Å². The van der Waals surface area contributed by atoms with Crippen molar-refractivity contribution < 1.29 is 9.13 Å². The quantitative estimate of drug-likeness (QED) is 0.865.